The first-order valence-corrected chi connectivity index (χ1v) is 6.95. The zero-order chi connectivity index (χ0) is 13.2. The van der Waals surface area contributed by atoms with Crippen molar-refractivity contribution < 1.29 is 9.90 Å². The number of hydrogen-bond acceptors (Lipinski definition) is 1. The van der Waals surface area contributed by atoms with Gasteiger partial charge in [-0.2, -0.15) is 0 Å². The van der Waals surface area contributed by atoms with Crippen LogP contribution in [0.25, 0.3) is 0 Å². The van der Waals surface area contributed by atoms with E-state index < -0.39 is 6.09 Å². The molecule has 2 aliphatic rings. The van der Waals surface area contributed by atoms with Crippen LogP contribution >= 0.6 is 0 Å². The Kier molecular flexibility index (Phi) is 3.28. The van der Waals surface area contributed by atoms with Gasteiger partial charge in [0.25, 0.3) is 0 Å². The van der Waals surface area contributed by atoms with Crippen LogP contribution < -0.4 is 5.32 Å². The molecule has 3 rings (SSSR count). The second-order valence-corrected chi connectivity index (χ2v) is 5.67. The molecule has 0 heterocycles. The average Bonchev–Trinajstić information content (AvgIpc) is 2.62. The molecule has 3 atom stereocenters. The van der Waals surface area contributed by atoms with Crippen LogP contribution in [-0.2, 0) is 6.42 Å². The lowest BCUT2D eigenvalue weighted by atomic mass is 9.83. The standard InChI is InChI=1S/C16H19NO2/c18-16(19)17-15-13-6-7-14(15)10-12(9-13)8-11-4-2-1-3-5-11/h1-5,9,13-15,17H,6-8,10H2,(H,18,19). The van der Waals surface area contributed by atoms with E-state index >= 15 is 0 Å². The fourth-order valence-electron chi connectivity index (χ4n) is 3.60. The third-order valence-electron chi connectivity index (χ3n) is 4.38. The lowest BCUT2D eigenvalue weighted by Gasteiger charge is -2.29. The van der Waals surface area contributed by atoms with Crippen LogP contribution in [0.4, 0.5) is 4.79 Å². The third kappa shape index (κ3) is 2.65. The number of hydrogen-bond donors (Lipinski definition) is 2. The quantitative estimate of drug-likeness (QED) is 0.817. The van der Waals surface area contributed by atoms with Crippen LogP contribution in [0.5, 0.6) is 0 Å². The fraction of sp³-hybridized carbons (Fsp3) is 0.438. The van der Waals surface area contributed by atoms with Crippen molar-refractivity contribution in [2.45, 2.75) is 31.7 Å². The second-order valence-electron chi connectivity index (χ2n) is 5.67. The van der Waals surface area contributed by atoms with Gasteiger partial charge >= 0.3 is 6.09 Å². The lowest BCUT2D eigenvalue weighted by molar-refractivity contribution is 0.182. The summed E-state index contributed by atoms with van der Waals surface area (Å²) in [6.45, 7) is 0. The monoisotopic (exact) mass is 257 g/mol. The number of carbonyl (C=O) groups is 1. The van der Waals surface area contributed by atoms with E-state index in [9.17, 15) is 4.79 Å². The summed E-state index contributed by atoms with van der Waals surface area (Å²) in [7, 11) is 0. The number of allylic oxidation sites excluding steroid dienone is 1. The van der Waals surface area contributed by atoms with Gasteiger partial charge in [0, 0.05) is 6.04 Å². The maximum atomic E-state index is 10.8. The normalized spacial score (nSPS) is 28.8. The van der Waals surface area contributed by atoms with E-state index in [-0.39, 0.29) is 6.04 Å². The highest BCUT2D eigenvalue weighted by Gasteiger charge is 2.39. The van der Waals surface area contributed by atoms with Crippen molar-refractivity contribution in [2.75, 3.05) is 0 Å². The highest BCUT2D eigenvalue weighted by atomic mass is 16.4. The molecule has 2 bridgehead atoms. The summed E-state index contributed by atoms with van der Waals surface area (Å²) in [6.07, 6.45) is 5.74. The third-order valence-corrected chi connectivity index (χ3v) is 4.38. The van der Waals surface area contributed by atoms with Crippen molar-refractivity contribution in [3.05, 3.63) is 47.5 Å². The van der Waals surface area contributed by atoms with Gasteiger partial charge in [0.2, 0.25) is 0 Å². The van der Waals surface area contributed by atoms with Gasteiger partial charge < -0.3 is 10.4 Å². The second kappa shape index (κ2) is 5.08. The van der Waals surface area contributed by atoms with Crippen molar-refractivity contribution in [2.24, 2.45) is 11.8 Å². The van der Waals surface area contributed by atoms with Crippen molar-refractivity contribution >= 4 is 6.09 Å². The molecule has 1 aromatic carbocycles. The van der Waals surface area contributed by atoms with Gasteiger partial charge in [-0.05, 0) is 43.1 Å². The number of benzene rings is 1. The topological polar surface area (TPSA) is 49.3 Å². The summed E-state index contributed by atoms with van der Waals surface area (Å²) >= 11 is 0. The summed E-state index contributed by atoms with van der Waals surface area (Å²) in [6, 6.07) is 10.6. The predicted molar refractivity (Wildman–Crippen MR) is 74.0 cm³/mol. The Morgan fingerprint density at radius 3 is 2.74 bits per heavy atom. The number of fused-ring (bicyclic) bond motifs is 2. The molecule has 1 amide bonds. The molecule has 2 N–H and O–H groups in total. The zero-order valence-corrected chi connectivity index (χ0v) is 10.9. The van der Waals surface area contributed by atoms with Crippen LogP contribution in [0.2, 0.25) is 0 Å². The molecule has 100 valence electrons. The largest absolute Gasteiger partial charge is 0.465 e. The first-order valence-electron chi connectivity index (χ1n) is 6.95. The van der Waals surface area contributed by atoms with E-state index in [1.54, 1.807) is 0 Å². The Hall–Kier alpha value is -1.77. The summed E-state index contributed by atoms with van der Waals surface area (Å²) < 4.78 is 0. The van der Waals surface area contributed by atoms with Crippen LogP contribution in [0.1, 0.15) is 24.8 Å². The molecule has 1 saturated carbocycles. The van der Waals surface area contributed by atoms with E-state index in [4.69, 9.17) is 5.11 Å². The Balaban J connectivity index is 1.71. The highest BCUT2D eigenvalue weighted by Crippen LogP contribution is 2.42. The number of rotatable bonds is 3. The van der Waals surface area contributed by atoms with Crippen molar-refractivity contribution in [1.82, 2.24) is 5.32 Å². The summed E-state index contributed by atoms with van der Waals surface area (Å²) in [5.74, 6) is 0.887. The smallest absolute Gasteiger partial charge is 0.404 e. The SMILES string of the molecule is O=C(O)NC1C2C=C(Cc3ccccc3)CC1CC2. The van der Waals surface area contributed by atoms with Gasteiger partial charge in [0.15, 0.2) is 0 Å². The van der Waals surface area contributed by atoms with Gasteiger partial charge in [-0.1, -0.05) is 42.0 Å². The van der Waals surface area contributed by atoms with Gasteiger partial charge in [-0.15, -0.1) is 0 Å². The molecule has 19 heavy (non-hydrogen) atoms. The average molecular weight is 257 g/mol. The molecule has 0 spiro atoms. The van der Waals surface area contributed by atoms with E-state index in [2.05, 4.69) is 35.7 Å². The van der Waals surface area contributed by atoms with Crippen molar-refractivity contribution in [1.29, 1.82) is 0 Å². The minimum absolute atomic E-state index is 0.136. The lowest BCUT2D eigenvalue weighted by Crippen LogP contribution is -2.42. The van der Waals surface area contributed by atoms with Gasteiger partial charge in [-0.25, -0.2) is 4.79 Å². The van der Waals surface area contributed by atoms with Gasteiger partial charge in [0.1, 0.15) is 0 Å². The first-order chi connectivity index (χ1) is 9.22. The van der Waals surface area contributed by atoms with Crippen molar-refractivity contribution in [3.63, 3.8) is 0 Å². The molecule has 0 aliphatic heterocycles. The van der Waals surface area contributed by atoms with Gasteiger partial charge in [0.05, 0.1) is 0 Å². The zero-order valence-electron chi connectivity index (χ0n) is 10.9. The Labute approximate surface area is 113 Å². The molecular formula is C16H19NO2. The fourth-order valence-corrected chi connectivity index (χ4v) is 3.60. The minimum Gasteiger partial charge on any atom is -0.465 e. The van der Waals surface area contributed by atoms with Gasteiger partial charge in [-0.3, -0.25) is 0 Å². The Morgan fingerprint density at radius 2 is 2.05 bits per heavy atom. The van der Waals surface area contributed by atoms with E-state index in [0.717, 1.165) is 25.7 Å². The molecule has 0 radical (unpaired) electrons. The summed E-state index contributed by atoms with van der Waals surface area (Å²) in [4.78, 5) is 10.8. The molecule has 0 aromatic heterocycles. The Bertz CT molecular complexity index is 495. The maximum absolute atomic E-state index is 10.8. The van der Waals surface area contributed by atoms with E-state index in [0.29, 0.717) is 11.8 Å². The molecule has 1 fully saturated rings. The van der Waals surface area contributed by atoms with E-state index in [1.807, 2.05) is 6.07 Å². The Morgan fingerprint density at radius 1 is 1.26 bits per heavy atom. The highest BCUT2D eigenvalue weighted by molar-refractivity contribution is 5.65. The summed E-state index contributed by atoms with van der Waals surface area (Å²) in [5, 5.41) is 11.6. The summed E-state index contributed by atoms with van der Waals surface area (Å²) in [5.41, 5.74) is 2.82. The number of carboxylic acid groups (broad SMARTS) is 1. The first kappa shape index (κ1) is 12.3. The predicted octanol–water partition coefficient (Wildman–Crippen LogP) is 3.22. The maximum Gasteiger partial charge on any atom is 0.404 e. The molecule has 3 unspecified atom stereocenters. The molecule has 3 heteroatoms. The molecule has 1 aromatic rings. The van der Waals surface area contributed by atoms with Crippen LogP contribution in [0.3, 0.4) is 0 Å². The van der Waals surface area contributed by atoms with Crippen molar-refractivity contribution in [3.8, 4) is 0 Å². The molecule has 3 nitrogen and oxygen atoms in total. The number of amides is 1. The van der Waals surface area contributed by atoms with Crippen LogP contribution in [-0.4, -0.2) is 17.2 Å². The molecular weight excluding hydrogens is 238 g/mol. The molecule has 0 saturated heterocycles. The van der Waals surface area contributed by atoms with Crippen LogP contribution in [0.15, 0.2) is 42.0 Å². The van der Waals surface area contributed by atoms with E-state index in [1.165, 1.54) is 11.1 Å². The van der Waals surface area contributed by atoms with Crippen LogP contribution in [0, 0.1) is 11.8 Å². The minimum atomic E-state index is -0.887. The number of nitrogens with one attached hydrogen (secondary N) is 1. The molecule has 2 aliphatic carbocycles.